The first-order valence-corrected chi connectivity index (χ1v) is 3.98. The Kier molecular flexibility index (Phi) is 1.73. The van der Waals surface area contributed by atoms with E-state index in [2.05, 4.69) is 9.97 Å². The highest BCUT2D eigenvalue weighted by Gasteiger charge is 1.98. The van der Waals surface area contributed by atoms with Gasteiger partial charge in [-0.05, 0) is 19.1 Å². The van der Waals surface area contributed by atoms with Crippen LogP contribution in [0.1, 0.15) is 5.69 Å². The summed E-state index contributed by atoms with van der Waals surface area (Å²) in [5, 5.41) is 0. The lowest BCUT2D eigenvalue weighted by Gasteiger charge is -2.03. The maximum Gasteiger partial charge on any atom is 0.123 e. The number of nitrogen functional groups attached to an aromatic ring is 1. The molecule has 66 valence electrons. The second-order valence-corrected chi connectivity index (χ2v) is 2.85. The van der Waals surface area contributed by atoms with E-state index in [9.17, 15) is 0 Å². The van der Waals surface area contributed by atoms with E-state index >= 15 is 0 Å². The third kappa shape index (κ3) is 1.38. The van der Waals surface area contributed by atoms with E-state index in [0.29, 0.717) is 5.82 Å². The first-order chi connectivity index (χ1) is 6.27. The maximum atomic E-state index is 5.48. The molecule has 2 aromatic heterocycles. The summed E-state index contributed by atoms with van der Waals surface area (Å²) in [6, 6.07) is 3.69. The molecule has 0 saturated carbocycles. The van der Waals surface area contributed by atoms with Crippen molar-refractivity contribution in [1.29, 1.82) is 0 Å². The summed E-state index contributed by atoms with van der Waals surface area (Å²) in [5.41, 5.74) is 7.53. The number of pyridine rings is 1. The molecule has 0 saturated heterocycles. The largest absolute Gasteiger partial charge is 0.384 e. The average molecular weight is 174 g/mol. The minimum Gasteiger partial charge on any atom is -0.384 e. The van der Waals surface area contributed by atoms with Crippen molar-refractivity contribution in [3.63, 3.8) is 0 Å². The Morgan fingerprint density at radius 2 is 2.15 bits per heavy atom. The number of imidazole rings is 1. The zero-order valence-electron chi connectivity index (χ0n) is 7.31. The molecule has 4 nitrogen and oxygen atoms in total. The number of rotatable bonds is 1. The van der Waals surface area contributed by atoms with Crippen LogP contribution in [-0.2, 0) is 0 Å². The molecule has 0 bridgehead atoms. The van der Waals surface area contributed by atoms with Crippen LogP contribution >= 0.6 is 0 Å². The van der Waals surface area contributed by atoms with E-state index in [1.54, 1.807) is 24.8 Å². The van der Waals surface area contributed by atoms with Gasteiger partial charge in [0.15, 0.2) is 0 Å². The molecule has 2 rings (SSSR count). The van der Waals surface area contributed by atoms with E-state index in [1.807, 2.05) is 17.6 Å². The Balaban J connectivity index is 2.47. The molecule has 0 aromatic carbocycles. The second-order valence-electron chi connectivity index (χ2n) is 2.85. The van der Waals surface area contributed by atoms with Crippen molar-refractivity contribution >= 4 is 5.82 Å². The van der Waals surface area contributed by atoms with Gasteiger partial charge >= 0.3 is 0 Å². The quantitative estimate of drug-likeness (QED) is 0.705. The molecule has 0 atom stereocenters. The first-order valence-electron chi connectivity index (χ1n) is 3.98. The number of anilines is 1. The lowest BCUT2D eigenvalue weighted by atomic mass is 10.4. The molecular formula is C9H10N4. The minimum absolute atomic E-state index is 0.529. The molecule has 0 aliphatic carbocycles. The van der Waals surface area contributed by atoms with E-state index in [1.165, 1.54) is 0 Å². The molecule has 0 amide bonds. The molecule has 2 heterocycles. The Labute approximate surface area is 76.1 Å². The van der Waals surface area contributed by atoms with Gasteiger partial charge in [0.05, 0.1) is 18.2 Å². The van der Waals surface area contributed by atoms with Crippen LogP contribution in [0.3, 0.4) is 0 Å². The van der Waals surface area contributed by atoms with Gasteiger partial charge in [-0.25, -0.2) is 9.97 Å². The van der Waals surface area contributed by atoms with Crippen LogP contribution in [0.15, 0.2) is 30.9 Å². The number of aryl methyl sites for hydroxylation is 1. The van der Waals surface area contributed by atoms with Crippen LogP contribution in [0.5, 0.6) is 0 Å². The van der Waals surface area contributed by atoms with Crippen LogP contribution in [0, 0.1) is 6.92 Å². The highest BCUT2D eigenvalue weighted by Crippen LogP contribution is 2.09. The lowest BCUT2D eigenvalue weighted by molar-refractivity contribution is 0.993. The zero-order valence-corrected chi connectivity index (χ0v) is 7.31. The summed E-state index contributed by atoms with van der Waals surface area (Å²) in [6.07, 6.45) is 5.28. The van der Waals surface area contributed by atoms with Crippen molar-refractivity contribution in [2.75, 3.05) is 5.73 Å². The predicted molar refractivity (Wildman–Crippen MR) is 50.5 cm³/mol. The number of hydrogen-bond acceptors (Lipinski definition) is 3. The number of hydrogen-bond donors (Lipinski definition) is 1. The van der Waals surface area contributed by atoms with Gasteiger partial charge in [-0.15, -0.1) is 0 Å². The van der Waals surface area contributed by atoms with E-state index in [-0.39, 0.29) is 0 Å². The SMILES string of the molecule is Cc1cncn1-c1ccc(N)nc1. The fourth-order valence-corrected chi connectivity index (χ4v) is 1.17. The fourth-order valence-electron chi connectivity index (χ4n) is 1.17. The van der Waals surface area contributed by atoms with Gasteiger partial charge in [0.2, 0.25) is 0 Å². The van der Waals surface area contributed by atoms with Gasteiger partial charge in [-0.3, -0.25) is 0 Å². The lowest BCUT2D eigenvalue weighted by Crippen LogP contribution is -1.96. The predicted octanol–water partition coefficient (Wildman–Crippen LogP) is 1.16. The molecule has 0 aliphatic rings. The molecule has 2 N–H and O–H groups in total. The van der Waals surface area contributed by atoms with Crippen LogP contribution in [0.25, 0.3) is 5.69 Å². The number of aromatic nitrogens is 3. The van der Waals surface area contributed by atoms with E-state index in [4.69, 9.17) is 5.73 Å². The molecule has 2 aromatic rings. The molecule has 0 aliphatic heterocycles. The molecular weight excluding hydrogens is 164 g/mol. The Morgan fingerprint density at radius 3 is 2.69 bits per heavy atom. The summed E-state index contributed by atoms with van der Waals surface area (Å²) in [6.45, 7) is 1.99. The van der Waals surface area contributed by atoms with Crippen molar-refractivity contribution in [3.05, 3.63) is 36.5 Å². The van der Waals surface area contributed by atoms with Crippen molar-refractivity contribution in [2.45, 2.75) is 6.92 Å². The second kappa shape index (κ2) is 2.90. The van der Waals surface area contributed by atoms with Crippen LogP contribution < -0.4 is 5.73 Å². The van der Waals surface area contributed by atoms with E-state index in [0.717, 1.165) is 11.4 Å². The third-order valence-electron chi connectivity index (χ3n) is 1.87. The zero-order chi connectivity index (χ0) is 9.26. The average Bonchev–Trinajstić information content (AvgIpc) is 2.53. The Morgan fingerprint density at radius 1 is 1.31 bits per heavy atom. The summed E-state index contributed by atoms with van der Waals surface area (Å²) < 4.78 is 1.95. The third-order valence-corrected chi connectivity index (χ3v) is 1.87. The first kappa shape index (κ1) is 7.79. The highest BCUT2D eigenvalue weighted by atomic mass is 15.1. The number of nitrogens with zero attached hydrogens (tertiary/aromatic N) is 3. The van der Waals surface area contributed by atoms with Gasteiger partial charge in [0.1, 0.15) is 5.82 Å². The fraction of sp³-hybridized carbons (Fsp3) is 0.111. The summed E-state index contributed by atoms with van der Waals surface area (Å²) in [5.74, 6) is 0.529. The van der Waals surface area contributed by atoms with Crippen molar-refractivity contribution < 1.29 is 0 Å². The standard InChI is InChI=1S/C9H10N4/c1-7-4-11-6-13(7)8-2-3-9(10)12-5-8/h2-6H,1H3,(H2,10,12). The normalized spacial score (nSPS) is 10.2. The van der Waals surface area contributed by atoms with Crippen LogP contribution in [0.2, 0.25) is 0 Å². The van der Waals surface area contributed by atoms with Crippen molar-refractivity contribution in [3.8, 4) is 5.69 Å². The smallest absolute Gasteiger partial charge is 0.123 e. The van der Waals surface area contributed by atoms with Crippen LogP contribution in [0.4, 0.5) is 5.82 Å². The van der Waals surface area contributed by atoms with Crippen molar-refractivity contribution in [2.24, 2.45) is 0 Å². The van der Waals surface area contributed by atoms with Gasteiger partial charge in [0, 0.05) is 11.9 Å². The van der Waals surface area contributed by atoms with Gasteiger partial charge in [-0.2, -0.15) is 0 Å². The maximum absolute atomic E-state index is 5.48. The van der Waals surface area contributed by atoms with Gasteiger partial charge < -0.3 is 10.3 Å². The van der Waals surface area contributed by atoms with Crippen LogP contribution in [-0.4, -0.2) is 14.5 Å². The molecule has 0 unspecified atom stereocenters. The number of nitrogens with two attached hydrogens (primary N) is 1. The summed E-state index contributed by atoms with van der Waals surface area (Å²) >= 11 is 0. The van der Waals surface area contributed by atoms with Gasteiger partial charge in [0.25, 0.3) is 0 Å². The van der Waals surface area contributed by atoms with Gasteiger partial charge in [-0.1, -0.05) is 0 Å². The molecule has 0 radical (unpaired) electrons. The highest BCUT2D eigenvalue weighted by molar-refractivity contribution is 5.37. The monoisotopic (exact) mass is 174 g/mol. The Bertz CT molecular complexity index is 402. The molecule has 0 spiro atoms. The molecule has 4 heteroatoms. The molecule has 13 heavy (non-hydrogen) atoms. The molecule has 0 fully saturated rings. The summed E-state index contributed by atoms with van der Waals surface area (Å²) in [7, 11) is 0. The van der Waals surface area contributed by atoms with Crippen molar-refractivity contribution in [1.82, 2.24) is 14.5 Å². The topological polar surface area (TPSA) is 56.7 Å². The summed E-state index contributed by atoms with van der Waals surface area (Å²) in [4.78, 5) is 8.03. The Hall–Kier alpha value is -1.84. The van der Waals surface area contributed by atoms with E-state index < -0.39 is 0 Å². The minimum atomic E-state index is 0.529.